The predicted octanol–water partition coefficient (Wildman–Crippen LogP) is 1.26. The first-order valence-electron chi connectivity index (χ1n) is 6.70. The van der Waals surface area contributed by atoms with Crippen molar-refractivity contribution in [3.05, 3.63) is 0 Å². The molecule has 1 aliphatic heterocycles. The van der Waals surface area contributed by atoms with Crippen LogP contribution in [0.4, 0.5) is 0 Å². The molecule has 1 fully saturated rings. The topological polar surface area (TPSA) is 41.6 Å². The van der Waals surface area contributed by atoms with Gasteiger partial charge < -0.3 is 15.0 Å². The van der Waals surface area contributed by atoms with Crippen molar-refractivity contribution in [2.75, 3.05) is 33.4 Å². The van der Waals surface area contributed by atoms with Crippen molar-refractivity contribution >= 4 is 5.91 Å². The molecule has 0 bridgehead atoms. The van der Waals surface area contributed by atoms with Gasteiger partial charge in [-0.15, -0.1) is 0 Å². The Morgan fingerprint density at radius 1 is 1.59 bits per heavy atom. The Bertz CT molecular complexity index is 227. The van der Waals surface area contributed by atoms with Crippen LogP contribution in [0.1, 0.15) is 33.1 Å². The van der Waals surface area contributed by atoms with Gasteiger partial charge in [0.2, 0.25) is 5.91 Å². The number of nitrogens with zero attached hydrogens (tertiary/aromatic N) is 1. The second-order valence-corrected chi connectivity index (χ2v) is 4.82. The van der Waals surface area contributed by atoms with Crippen LogP contribution in [0.15, 0.2) is 0 Å². The number of nitrogens with one attached hydrogen (secondary N) is 1. The molecular weight excluding hydrogens is 216 g/mol. The Hall–Kier alpha value is -0.610. The third-order valence-electron chi connectivity index (χ3n) is 3.59. The number of piperidine rings is 1. The summed E-state index contributed by atoms with van der Waals surface area (Å²) in [7, 11) is 1.68. The number of amides is 1. The molecule has 1 saturated heterocycles. The highest BCUT2D eigenvalue weighted by molar-refractivity contribution is 5.79. The van der Waals surface area contributed by atoms with Gasteiger partial charge >= 0.3 is 0 Å². The maximum atomic E-state index is 12.4. The van der Waals surface area contributed by atoms with Crippen molar-refractivity contribution in [2.24, 2.45) is 5.92 Å². The Balaban J connectivity index is 2.56. The number of rotatable bonds is 6. The number of methoxy groups -OCH3 is 1. The van der Waals surface area contributed by atoms with Crippen LogP contribution in [-0.2, 0) is 9.53 Å². The van der Waals surface area contributed by atoms with Crippen LogP contribution < -0.4 is 5.32 Å². The first-order chi connectivity index (χ1) is 8.20. The van der Waals surface area contributed by atoms with Gasteiger partial charge in [-0.05, 0) is 32.7 Å². The molecular formula is C13H26N2O2. The highest BCUT2D eigenvalue weighted by atomic mass is 16.5. The standard InChI is InChI=1S/C13H26N2O2/c1-4-11(2)15(8-9-17-3)13(16)12-6-5-7-14-10-12/h11-12,14H,4-10H2,1-3H3/t11?,12-/m1/s1. The monoisotopic (exact) mass is 242 g/mol. The lowest BCUT2D eigenvalue weighted by Crippen LogP contribution is -2.47. The molecule has 2 atom stereocenters. The second-order valence-electron chi connectivity index (χ2n) is 4.82. The zero-order chi connectivity index (χ0) is 12.7. The van der Waals surface area contributed by atoms with Gasteiger partial charge in [-0.1, -0.05) is 6.92 Å². The molecule has 0 saturated carbocycles. The Kier molecular flexibility index (Phi) is 6.52. The minimum atomic E-state index is 0.162. The molecule has 1 amide bonds. The van der Waals surface area contributed by atoms with E-state index in [-0.39, 0.29) is 5.92 Å². The van der Waals surface area contributed by atoms with E-state index < -0.39 is 0 Å². The van der Waals surface area contributed by atoms with Gasteiger partial charge in [0.05, 0.1) is 12.5 Å². The van der Waals surface area contributed by atoms with E-state index in [1.54, 1.807) is 7.11 Å². The number of hydrogen-bond donors (Lipinski definition) is 1. The Morgan fingerprint density at radius 2 is 2.35 bits per heavy atom. The van der Waals surface area contributed by atoms with Crippen LogP contribution in [0.25, 0.3) is 0 Å². The molecule has 0 radical (unpaired) electrons. The molecule has 1 aliphatic rings. The molecule has 100 valence electrons. The van der Waals surface area contributed by atoms with Crippen LogP contribution >= 0.6 is 0 Å². The lowest BCUT2D eigenvalue weighted by molar-refractivity contribution is -0.139. The molecule has 0 aromatic rings. The van der Waals surface area contributed by atoms with Crippen LogP contribution in [0.2, 0.25) is 0 Å². The van der Waals surface area contributed by atoms with Gasteiger partial charge in [-0.25, -0.2) is 0 Å². The van der Waals surface area contributed by atoms with Crippen LogP contribution in [0, 0.1) is 5.92 Å². The van der Waals surface area contributed by atoms with Gasteiger partial charge in [0.15, 0.2) is 0 Å². The highest BCUT2D eigenvalue weighted by Gasteiger charge is 2.27. The van der Waals surface area contributed by atoms with Crippen LogP contribution in [0.5, 0.6) is 0 Å². The van der Waals surface area contributed by atoms with Crippen molar-refractivity contribution in [1.29, 1.82) is 0 Å². The molecule has 1 heterocycles. The van der Waals surface area contributed by atoms with Crippen molar-refractivity contribution in [3.63, 3.8) is 0 Å². The molecule has 0 aromatic heterocycles. The molecule has 1 N–H and O–H groups in total. The smallest absolute Gasteiger partial charge is 0.227 e. The number of carbonyl (C=O) groups is 1. The van der Waals surface area contributed by atoms with Crippen molar-refractivity contribution in [3.8, 4) is 0 Å². The van der Waals surface area contributed by atoms with E-state index in [4.69, 9.17) is 4.74 Å². The maximum Gasteiger partial charge on any atom is 0.227 e. The fraction of sp³-hybridized carbons (Fsp3) is 0.923. The highest BCUT2D eigenvalue weighted by Crippen LogP contribution is 2.16. The van der Waals surface area contributed by atoms with E-state index in [0.29, 0.717) is 25.1 Å². The van der Waals surface area contributed by atoms with E-state index in [1.165, 1.54) is 0 Å². The molecule has 4 nitrogen and oxygen atoms in total. The van der Waals surface area contributed by atoms with Crippen LogP contribution in [-0.4, -0.2) is 50.2 Å². The largest absolute Gasteiger partial charge is 0.383 e. The summed E-state index contributed by atoms with van der Waals surface area (Å²) in [6.07, 6.45) is 3.12. The summed E-state index contributed by atoms with van der Waals surface area (Å²) >= 11 is 0. The summed E-state index contributed by atoms with van der Waals surface area (Å²) in [5.74, 6) is 0.457. The molecule has 1 unspecified atom stereocenters. The molecule has 0 aromatic carbocycles. The van der Waals surface area contributed by atoms with E-state index in [1.807, 2.05) is 4.90 Å². The Morgan fingerprint density at radius 3 is 2.88 bits per heavy atom. The van der Waals surface area contributed by atoms with Gasteiger partial charge in [0.25, 0.3) is 0 Å². The normalized spacial score (nSPS) is 22.2. The first-order valence-corrected chi connectivity index (χ1v) is 6.70. The summed E-state index contributed by atoms with van der Waals surface area (Å²) in [6, 6.07) is 0.305. The third kappa shape index (κ3) is 4.28. The zero-order valence-corrected chi connectivity index (χ0v) is 11.4. The van der Waals surface area contributed by atoms with Crippen molar-refractivity contribution in [2.45, 2.75) is 39.2 Å². The minimum Gasteiger partial charge on any atom is -0.383 e. The quantitative estimate of drug-likeness (QED) is 0.762. The van der Waals surface area contributed by atoms with Gasteiger partial charge in [0.1, 0.15) is 0 Å². The fourth-order valence-corrected chi connectivity index (χ4v) is 2.25. The molecule has 0 spiro atoms. The van der Waals surface area contributed by atoms with E-state index in [0.717, 1.165) is 32.4 Å². The first kappa shape index (κ1) is 14.5. The predicted molar refractivity (Wildman–Crippen MR) is 68.9 cm³/mol. The van der Waals surface area contributed by atoms with Crippen LogP contribution in [0.3, 0.4) is 0 Å². The SMILES string of the molecule is CCC(C)N(CCOC)C(=O)[C@@H]1CCCNC1. The average molecular weight is 242 g/mol. The van der Waals surface area contributed by atoms with Crippen molar-refractivity contribution in [1.82, 2.24) is 10.2 Å². The second kappa shape index (κ2) is 7.67. The Labute approximate surface area is 105 Å². The van der Waals surface area contributed by atoms with Gasteiger partial charge in [0, 0.05) is 26.2 Å². The average Bonchev–Trinajstić information content (AvgIpc) is 2.39. The summed E-state index contributed by atoms with van der Waals surface area (Å²) in [5.41, 5.74) is 0. The van der Waals surface area contributed by atoms with Gasteiger partial charge in [-0.3, -0.25) is 4.79 Å². The van der Waals surface area contributed by atoms with Gasteiger partial charge in [-0.2, -0.15) is 0 Å². The summed E-state index contributed by atoms with van der Waals surface area (Å²) < 4.78 is 5.09. The third-order valence-corrected chi connectivity index (χ3v) is 3.59. The maximum absolute atomic E-state index is 12.4. The molecule has 0 aliphatic carbocycles. The fourth-order valence-electron chi connectivity index (χ4n) is 2.25. The molecule has 1 rings (SSSR count). The van der Waals surface area contributed by atoms with Crippen molar-refractivity contribution < 1.29 is 9.53 Å². The lowest BCUT2D eigenvalue weighted by atomic mass is 9.97. The molecule has 4 heteroatoms. The van der Waals surface area contributed by atoms with E-state index in [9.17, 15) is 4.79 Å². The lowest BCUT2D eigenvalue weighted by Gasteiger charge is -2.33. The zero-order valence-electron chi connectivity index (χ0n) is 11.4. The summed E-state index contributed by atoms with van der Waals surface area (Å²) in [6.45, 7) is 7.45. The summed E-state index contributed by atoms with van der Waals surface area (Å²) in [4.78, 5) is 14.4. The number of carbonyl (C=O) groups excluding carboxylic acids is 1. The van der Waals surface area contributed by atoms with E-state index >= 15 is 0 Å². The molecule has 17 heavy (non-hydrogen) atoms. The summed E-state index contributed by atoms with van der Waals surface area (Å²) in [5, 5.41) is 3.30. The minimum absolute atomic E-state index is 0.162. The number of ether oxygens (including phenoxy) is 1. The van der Waals surface area contributed by atoms with E-state index in [2.05, 4.69) is 19.2 Å². The number of hydrogen-bond acceptors (Lipinski definition) is 3.